The normalized spacial score (nSPS) is 20.9. The molecule has 2 aromatic heterocycles. The van der Waals surface area contributed by atoms with Crippen LogP contribution in [-0.2, 0) is 11.2 Å². The fraction of sp³-hybridized carbons (Fsp3) is 0.500. The number of hydrogen-bond acceptors (Lipinski definition) is 2. The highest BCUT2D eigenvalue weighted by Gasteiger charge is 2.21. The van der Waals surface area contributed by atoms with E-state index in [2.05, 4.69) is 29.0 Å². The Hall–Kier alpha value is -2.49. The number of nitrogens with one attached hydrogen (secondary N) is 2. The van der Waals surface area contributed by atoms with Gasteiger partial charge in [0, 0.05) is 23.7 Å². The molecule has 0 saturated heterocycles. The SMILES string of the molecule is CCCCCC1CCCCCCc2cc1c(C=C1N=C(c3ccc[nH]3)C=C1OC)[nH]2. The lowest BCUT2D eigenvalue weighted by atomic mass is 9.87. The summed E-state index contributed by atoms with van der Waals surface area (Å²) in [6, 6.07) is 6.48. The Morgan fingerprint density at radius 2 is 2.10 bits per heavy atom. The molecule has 160 valence electrons. The molecule has 4 rings (SSSR count). The highest BCUT2D eigenvalue weighted by molar-refractivity contribution is 6.11. The van der Waals surface area contributed by atoms with Crippen LogP contribution in [0.1, 0.15) is 93.3 Å². The summed E-state index contributed by atoms with van der Waals surface area (Å²) in [5.41, 5.74) is 6.92. The average molecular weight is 406 g/mol. The maximum atomic E-state index is 5.67. The number of unbranched alkanes of at least 4 members (excludes halogenated alkanes) is 2. The zero-order valence-corrected chi connectivity index (χ0v) is 18.5. The molecule has 2 N–H and O–H groups in total. The second-order valence-electron chi connectivity index (χ2n) is 8.63. The van der Waals surface area contributed by atoms with Gasteiger partial charge in [-0.05, 0) is 61.4 Å². The van der Waals surface area contributed by atoms with E-state index in [1.54, 1.807) is 7.11 Å². The van der Waals surface area contributed by atoms with Crippen LogP contribution in [0.2, 0.25) is 0 Å². The van der Waals surface area contributed by atoms with Crippen molar-refractivity contribution in [3.8, 4) is 0 Å². The van der Waals surface area contributed by atoms with Gasteiger partial charge in [0.05, 0.1) is 18.5 Å². The van der Waals surface area contributed by atoms with Gasteiger partial charge in [-0.3, -0.25) is 0 Å². The number of ether oxygens (including phenoxy) is 1. The number of methoxy groups -OCH3 is 1. The number of fused-ring (bicyclic) bond motifs is 2. The van der Waals surface area contributed by atoms with Crippen molar-refractivity contribution in [3.05, 3.63) is 64.6 Å². The Bertz CT molecular complexity index is 914. The summed E-state index contributed by atoms with van der Waals surface area (Å²) in [5, 5.41) is 0. The number of nitrogens with zero attached hydrogens (tertiary/aromatic N) is 1. The van der Waals surface area contributed by atoms with Gasteiger partial charge in [-0.1, -0.05) is 45.4 Å². The molecule has 0 spiro atoms. The summed E-state index contributed by atoms with van der Waals surface area (Å²) < 4.78 is 5.67. The molecule has 0 fully saturated rings. The zero-order valence-electron chi connectivity index (χ0n) is 18.5. The van der Waals surface area contributed by atoms with E-state index in [4.69, 9.17) is 9.73 Å². The molecule has 0 amide bonds. The fourth-order valence-electron chi connectivity index (χ4n) is 4.74. The van der Waals surface area contributed by atoms with E-state index in [0.717, 1.165) is 29.3 Å². The molecular formula is C26H35N3O. The largest absolute Gasteiger partial charge is 0.494 e. The van der Waals surface area contributed by atoms with Crippen LogP contribution < -0.4 is 0 Å². The van der Waals surface area contributed by atoms with Crippen molar-refractivity contribution in [1.82, 2.24) is 9.97 Å². The molecule has 4 heteroatoms. The number of allylic oxidation sites excluding steroid dienone is 1. The number of H-pyrrole nitrogens is 2. The van der Waals surface area contributed by atoms with E-state index in [9.17, 15) is 0 Å². The maximum absolute atomic E-state index is 5.67. The van der Waals surface area contributed by atoms with Crippen LogP contribution in [0.4, 0.5) is 0 Å². The first-order valence-electron chi connectivity index (χ1n) is 11.7. The monoisotopic (exact) mass is 405 g/mol. The second kappa shape index (κ2) is 10.0. The van der Waals surface area contributed by atoms with Gasteiger partial charge in [-0.25, -0.2) is 4.99 Å². The summed E-state index contributed by atoms with van der Waals surface area (Å²) in [4.78, 5) is 11.9. The van der Waals surface area contributed by atoms with Crippen LogP contribution in [0.3, 0.4) is 0 Å². The smallest absolute Gasteiger partial charge is 0.146 e. The minimum Gasteiger partial charge on any atom is -0.494 e. The quantitative estimate of drug-likeness (QED) is 0.484. The first-order chi connectivity index (χ1) is 14.8. The van der Waals surface area contributed by atoms with E-state index in [1.807, 2.05) is 24.4 Å². The van der Waals surface area contributed by atoms with Gasteiger partial charge in [0.1, 0.15) is 11.5 Å². The van der Waals surface area contributed by atoms with Crippen molar-refractivity contribution < 1.29 is 4.74 Å². The molecule has 2 aliphatic rings. The first kappa shape index (κ1) is 20.8. The lowest BCUT2D eigenvalue weighted by Crippen LogP contribution is -2.01. The Morgan fingerprint density at radius 1 is 1.20 bits per heavy atom. The molecule has 0 aromatic carbocycles. The van der Waals surface area contributed by atoms with Gasteiger partial charge < -0.3 is 14.7 Å². The van der Waals surface area contributed by atoms with Gasteiger partial charge in [0.25, 0.3) is 0 Å². The van der Waals surface area contributed by atoms with E-state index in [1.165, 1.54) is 74.7 Å². The predicted octanol–water partition coefficient (Wildman–Crippen LogP) is 6.89. The Labute approximate surface area is 180 Å². The summed E-state index contributed by atoms with van der Waals surface area (Å²) >= 11 is 0. The van der Waals surface area contributed by atoms with Crippen LogP contribution in [-0.4, -0.2) is 22.8 Å². The lowest BCUT2D eigenvalue weighted by Gasteiger charge is -2.18. The Kier molecular flexibility index (Phi) is 6.93. The van der Waals surface area contributed by atoms with E-state index in [0.29, 0.717) is 5.92 Å². The molecule has 0 radical (unpaired) electrons. The van der Waals surface area contributed by atoms with Gasteiger partial charge in [-0.15, -0.1) is 0 Å². The van der Waals surface area contributed by atoms with Gasteiger partial charge in [0.15, 0.2) is 0 Å². The molecule has 1 aliphatic heterocycles. The van der Waals surface area contributed by atoms with E-state index < -0.39 is 0 Å². The van der Waals surface area contributed by atoms with E-state index >= 15 is 0 Å². The highest BCUT2D eigenvalue weighted by Crippen LogP contribution is 2.35. The highest BCUT2D eigenvalue weighted by atomic mass is 16.5. The molecule has 1 atom stereocenters. The van der Waals surface area contributed by atoms with Crippen molar-refractivity contribution in [2.75, 3.05) is 7.11 Å². The minimum absolute atomic E-state index is 0.634. The van der Waals surface area contributed by atoms with Crippen LogP contribution in [0.15, 0.2) is 46.9 Å². The number of rotatable bonds is 7. The summed E-state index contributed by atoms with van der Waals surface area (Å²) in [6.07, 6.45) is 19.1. The van der Waals surface area contributed by atoms with Gasteiger partial charge >= 0.3 is 0 Å². The number of aromatic amines is 2. The lowest BCUT2D eigenvalue weighted by molar-refractivity contribution is 0.303. The van der Waals surface area contributed by atoms with Crippen molar-refractivity contribution >= 4 is 11.8 Å². The van der Waals surface area contributed by atoms with E-state index in [-0.39, 0.29) is 0 Å². The molecule has 0 saturated carbocycles. The van der Waals surface area contributed by atoms with Crippen molar-refractivity contribution in [2.24, 2.45) is 4.99 Å². The zero-order chi connectivity index (χ0) is 20.8. The van der Waals surface area contributed by atoms with Crippen LogP contribution in [0.5, 0.6) is 0 Å². The maximum Gasteiger partial charge on any atom is 0.146 e. The molecule has 30 heavy (non-hydrogen) atoms. The summed E-state index contributed by atoms with van der Waals surface area (Å²) in [7, 11) is 1.73. The van der Waals surface area contributed by atoms with Gasteiger partial charge in [-0.2, -0.15) is 0 Å². The van der Waals surface area contributed by atoms with Crippen LogP contribution in [0.25, 0.3) is 6.08 Å². The minimum atomic E-state index is 0.634. The molecular weight excluding hydrogens is 370 g/mol. The van der Waals surface area contributed by atoms with Crippen LogP contribution >= 0.6 is 0 Å². The Morgan fingerprint density at radius 3 is 2.90 bits per heavy atom. The molecule has 2 bridgehead atoms. The number of hydrogen-bond donors (Lipinski definition) is 2. The third-order valence-corrected chi connectivity index (χ3v) is 6.42. The standard InChI is InChI=1S/C26H35N3O/c1-3-4-7-11-19-12-8-5-6-9-13-20-16-21(19)23(28-20)17-25-26(30-2)18-24(29-25)22-14-10-15-27-22/h10,14-19,27-28H,3-9,11-13H2,1-2H3. The van der Waals surface area contributed by atoms with Crippen molar-refractivity contribution in [1.29, 1.82) is 0 Å². The predicted molar refractivity (Wildman–Crippen MR) is 125 cm³/mol. The number of aliphatic imine (C=N–C) groups is 1. The fourth-order valence-corrected chi connectivity index (χ4v) is 4.74. The topological polar surface area (TPSA) is 53.2 Å². The first-order valence-corrected chi connectivity index (χ1v) is 11.7. The Balaban J connectivity index is 1.67. The number of aryl methyl sites for hydroxylation is 1. The van der Waals surface area contributed by atoms with Crippen molar-refractivity contribution in [3.63, 3.8) is 0 Å². The second-order valence-corrected chi connectivity index (χ2v) is 8.63. The van der Waals surface area contributed by atoms with Crippen molar-refractivity contribution in [2.45, 2.75) is 77.0 Å². The molecule has 1 aliphatic carbocycles. The third-order valence-electron chi connectivity index (χ3n) is 6.42. The average Bonchev–Trinajstić information content (AvgIpc) is 3.49. The third kappa shape index (κ3) is 4.80. The number of aromatic nitrogens is 2. The molecule has 4 nitrogen and oxygen atoms in total. The van der Waals surface area contributed by atoms with Crippen LogP contribution in [0, 0.1) is 0 Å². The summed E-state index contributed by atoms with van der Waals surface area (Å²) in [6.45, 7) is 2.29. The van der Waals surface area contributed by atoms with Gasteiger partial charge in [0.2, 0.25) is 0 Å². The molecule has 1 unspecified atom stereocenters. The molecule has 3 heterocycles. The molecule has 2 aromatic rings. The summed E-state index contributed by atoms with van der Waals surface area (Å²) in [5.74, 6) is 1.46.